The Hall–Kier alpha value is -2.30. The van der Waals surface area contributed by atoms with Crippen LogP contribution in [-0.4, -0.2) is 16.9 Å². The van der Waals surface area contributed by atoms with Gasteiger partial charge in [-0.15, -0.1) is 0 Å². The third kappa shape index (κ3) is 4.58. The number of hydrogen-bond acceptors (Lipinski definition) is 4. The third-order valence-electron chi connectivity index (χ3n) is 4.23. The maximum atomic E-state index is 12.1. The Morgan fingerprint density at radius 3 is 2.65 bits per heavy atom. The van der Waals surface area contributed by atoms with Crippen molar-refractivity contribution in [2.75, 3.05) is 5.32 Å². The maximum Gasteiger partial charge on any atom is 0.270 e. The fourth-order valence-corrected chi connectivity index (χ4v) is 2.94. The number of aromatic nitrogens is 1. The first-order valence-corrected chi connectivity index (χ1v) is 8.34. The molecule has 23 heavy (non-hydrogen) atoms. The summed E-state index contributed by atoms with van der Waals surface area (Å²) in [5, 5.41) is 6.33. The van der Waals surface area contributed by atoms with Crippen LogP contribution in [0, 0.1) is 0 Å². The van der Waals surface area contributed by atoms with Gasteiger partial charge in [0.25, 0.3) is 5.91 Å². The van der Waals surface area contributed by atoms with Crippen molar-refractivity contribution in [3.05, 3.63) is 48.2 Å². The molecule has 0 unspecified atom stereocenters. The summed E-state index contributed by atoms with van der Waals surface area (Å²) in [5.41, 5.74) is 1.41. The van der Waals surface area contributed by atoms with Gasteiger partial charge < -0.3 is 15.1 Å². The number of carbonyl (C=O) groups excluding carboxylic acids is 1. The number of carbonyl (C=O) groups is 1. The van der Waals surface area contributed by atoms with Crippen LogP contribution in [0.1, 0.15) is 54.8 Å². The molecule has 3 rings (SSSR count). The molecule has 2 aromatic rings. The highest BCUT2D eigenvalue weighted by molar-refractivity contribution is 5.92. The number of hydrogen-bond donors (Lipinski definition) is 2. The molecule has 0 aliphatic heterocycles. The van der Waals surface area contributed by atoms with Crippen molar-refractivity contribution >= 4 is 11.6 Å². The molecule has 5 heteroatoms. The number of anilines is 1. The molecule has 1 aliphatic rings. The number of nitrogens with one attached hydrogen (secondary N) is 2. The van der Waals surface area contributed by atoms with Crippen LogP contribution in [0.5, 0.6) is 0 Å². The van der Waals surface area contributed by atoms with Gasteiger partial charge in [-0.25, -0.2) is 4.98 Å². The summed E-state index contributed by atoms with van der Waals surface area (Å²) in [4.78, 5) is 16.3. The molecule has 2 N–H and O–H groups in total. The van der Waals surface area contributed by atoms with Gasteiger partial charge in [0.1, 0.15) is 11.5 Å². The van der Waals surface area contributed by atoms with Gasteiger partial charge in [-0.2, -0.15) is 0 Å². The van der Waals surface area contributed by atoms with Gasteiger partial charge in [0.15, 0.2) is 0 Å². The van der Waals surface area contributed by atoms with Crippen molar-refractivity contribution in [2.45, 2.75) is 51.1 Å². The molecule has 1 saturated carbocycles. The Morgan fingerprint density at radius 1 is 1.17 bits per heavy atom. The van der Waals surface area contributed by atoms with Gasteiger partial charge >= 0.3 is 0 Å². The molecular weight excluding hydrogens is 290 g/mol. The topological polar surface area (TPSA) is 67.2 Å². The second kappa shape index (κ2) is 7.81. The molecule has 1 fully saturated rings. The van der Waals surface area contributed by atoms with Crippen LogP contribution >= 0.6 is 0 Å². The summed E-state index contributed by atoms with van der Waals surface area (Å²) in [6.45, 7) is 0.371. The normalized spacial score (nSPS) is 15.8. The van der Waals surface area contributed by atoms with E-state index in [1.165, 1.54) is 38.5 Å². The average molecular weight is 313 g/mol. The second-order valence-corrected chi connectivity index (χ2v) is 6.03. The number of rotatable bonds is 5. The molecule has 5 nitrogen and oxygen atoms in total. The predicted molar refractivity (Wildman–Crippen MR) is 89.2 cm³/mol. The minimum Gasteiger partial charge on any atom is -0.467 e. The van der Waals surface area contributed by atoms with E-state index in [1.807, 2.05) is 12.1 Å². The van der Waals surface area contributed by atoms with Crippen LogP contribution in [0.15, 0.2) is 41.1 Å². The van der Waals surface area contributed by atoms with E-state index in [0.717, 1.165) is 11.4 Å². The molecule has 0 saturated heterocycles. The van der Waals surface area contributed by atoms with Gasteiger partial charge in [-0.1, -0.05) is 25.7 Å². The number of furan rings is 1. The monoisotopic (exact) mass is 313 g/mol. The lowest BCUT2D eigenvalue weighted by atomic mass is 10.1. The molecule has 1 aliphatic carbocycles. The summed E-state index contributed by atoms with van der Waals surface area (Å²) in [6, 6.07) is 7.84. The number of nitrogens with zero attached hydrogens (tertiary/aromatic N) is 1. The molecule has 1 amide bonds. The van der Waals surface area contributed by atoms with Gasteiger partial charge in [0.2, 0.25) is 0 Å². The summed E-state index contributed by atoms with van der Waals surface area (Å²) in [6.07, 6.45) is 11.0. The summed E-state index contributed by atoms with van der Waals surface area (Å²) < 4.78 is 5.19. The Labute approximate surface area is 136 Å². The molecular formula is C18H23N3O2. The van der Waals surface area contributed by atoms with E-state index in [-0.39, 0.29) is 5.91 Å². The second-order valence-electron chi connectivity index (χ2n) is 6.03. The molecule has 0 bridgehead atoms. The van der Waals surface area contributed by atoms with Gasteiger partial charge in [0, 0.05) is 6.04 Å². The molecule has 2 aromatic heterocycles. The van der Waals surface area contributed by atoms with E-state index in [1.54, 1.807) is 24.6 Å². The van der Waals surface area contributed by atoms with Crippen LogP contribution in [0.2, 0.25) is 0 Å². The van der Waals surface area contributed by atoms with E-state index >= 15 is 0 Å². The lowest BCUT2D eigenvalue weighted by Crippen LogP contribution is -2.24. The van der Waals surface area contributed by atoms with Crippen LogP contribution in [0.4, 0.5) is 5.69 Å². The predicted octanol–water partition coefficient (Wildman–Crippen LogP) is 3.74. The number of amides is 1. The van der Waals surface area contributed by atoms with Crippen molar-refractivity contribution in [1.82, 2.24) is 10.3 Å². The zero-order valence-electron chi connectivity index (χ0n) is 13.3. The van der Waals surface area contributed by atoms with Crippen molar-refractivity contribution in [3.63, 3.8) is 0 Å². The highest BCUT2D eigenvalue weighted by atomic mass is 16.3. The maximum absolute atomic E-state index is 12.1. The zero-order valence-corrected chi connectivity index (χ0v) is 13.3. The van der Waals surface area contributed by atoms with E-state index in [4.69, 9.17) is 4.42 Å². The Kier molecular flexibility index (Phi) is 5.29. The SMILES string of the molecule is O=C(NCc1ccco1)c1ccc(NC2CCCCCC2)cn1. The minimum absolute atomic E-state index is 0.192. The molecule has 122 valence electrons. The molecule has 0 radical (unpaired) electrons. The Balaban J connectivity index is 1.52. The lowest BCUT2D eigenvalue weighted by molar-refractivity contribution is 0.0943. The van der Waals surface area contributed by atoms with Gasteiger partial charge in [-0.3, -0.25) is 4.79 Å². The van der Waals surface area contributed by atoms with Crippen LogP contribution in [0.3, 0.4) is 0 Å². The zero-order chi connectivity index (χ0) is 15.9. The van der Waals surface area contributed by atoms with Gasteiger partial charge in [-0.05, 0) is 37.1 Å². The van der Waals surface area contributed by atoms with E-state index < -0.39 is 0 Å². The fraction of sp³-hybridized carbons (Fsp3) is 0.444. The average Bonchev–Trinajstić information content (AvgIpc) is 2.97. The summed E-state index contributed by atoms with van der Waals surface area (Å²) >= 11 is 0. The quantitative estimate of drug-likeness (QED) is 0.825. The van der Waals surface area contributed by atoms with Crippen LogP contribution < -0.4 is 10.6 Å². The lowest BCUT2D eigenvalue weighted by Gasteiger charge is -2.17. The van der Waals surface area contributed by atoms with Crippen LogP contribution in [-0.2, 0) is 6.54 Å². The van der Waals surface area contributed by atoms with Crippen molar-refractivity contribution in [2.24, 2.45) is 0 Å². The van der Waals surface area contributed by atoms with Gasteiger partial charge in [0.05, 0.1) is 24.7 Å². The Bertz CT molecular complexity index is 600. The standard InChI is InChI=1S/C18H23N3O2/c22-18(20-13-16-8-5-11-23-16)17-10-9-15(12-19-17)21-14-6-3-1-2-4-7-14/h5,8-12,14,21H,1-4,6-7,13H2,(H,20,22). The van der Waals surface area contributed by atoms with E-state index in [0.29, 0.717) is 18.3 Å². The van der Waals surface area contributed by atoms with Crippen LogP contribution in [0.25, 0.3) is 0 Å². The van der Waals surface area contributed by atoms with Crippen molar-refractivity contribution in [3.8, 4) is 0 Å². The first-order valence-electron chi connectivity index (χ1n) is 8.34. The smallest absolute Gasteiger partial charge is 0.270 e. The first-order chi connectivity index (χ1) is 11.3. The first kappa shape index (κ1) is 15.6. The van der Waals surface area contributed by atoms with Crippen molar-refractivity contribution < 1.29 is 9.21 Å². The summed E-state index contributed by atoms with van der Waals surface area (Å²) in [7, 11) is 0. The molecule has 2 heterocycles. The highest BCUT2D eigenvalue weighted by Gasteiger charge is 2.13. The Morgan fingerprint density at radius 2 is 2.00 bits per heavy atom. The number of pyridine rings is 1. The molecule has 0 atom stereocenters. The molecule has 0 aromatic carbocycles. The van der Waals surface area contributed by atoms with E-state index in [9.17, 15) is 4.79 Å². The van der Waals surface area contributed by atoms with E-state index in [2.05, 4.69) is 15.6 Å². The summed E-state index contributed by atoms with van der Waals surface area (Å²) in [5.74, 6) is 0.535. The third-order valence-corrected chi connectivity index (χ3v) is 4.23. The minimum atomic E-state index is -0.192. The highest BCUT2D eigenvalue weighted by Crippen LogP contribution is 2.20. The molecule has 0 spiro atoms. The largest absolute Gasteiger partial charge is 0.467 e. The fourth-order valence-electron chi connectivity index (χ4n) is 2.94. The van der Waals surface area contributed by atoms with Crippen molar-refractivity contribution in [1.29, 1.82) is 0 Å².